The van der Waals surface area contributed by atoms with E-state index < -0.39 is 21.5 Å². The van der Waals surface area contributed by atoms with Crippen LogP contribution >= 0.6 is 0 Å². The Bertz CT molecular complexity index is 1280. The number of hydrogen-bond acceptors (Lipinski definition) is 7. The Morgan fingerprint density at radius 1 is 1.39 bits per heavy atom. The van der Waals surface area contributed by atoms with Crippen LogP contribution in [0.25, 0.3) is 22.2 Å². The van der Waals surface area contributed by atoms with Gasteiger partial charge in [0.1, 0.15) is 11.2 Å². The van der Waals surface area contributed by atoms with E-state index in [9.17, 15) is 18.5 Å². The summed E-state index contributed by atoms with van der Waals surface area (Å²) in [7, 11) is -3.35. The zero-order chi connectivity index (χ0) is 22.2. The molecule has 0 bridgehead atoms. The molecule has 0 spiro atoms. The summed E-state index contributed by atoms with van der Waals surface area (Å²) in [5, 5.41) is 14.5. The van der Waals surface area contributed by atoms with E-state index in [1.165, 1.54) is 10.5 Å². The Labute approximate surface area is 179 Å². The molecule has 1 aliphatic heterocycles. The number of carbonyl (C=O) groups excluding carboxylic acids is 1. The van der Waals surface area contributed by atoms with E-state index in [2.05, 4.69) is 21.1 Å². The van der Waals surface area contributed by atoms with Gasteiger partial charge in [-0.1, -0.05) is 6.92 Å². The first-order valence-electron chi connectivity index (χ1n) is 9.80. The highest BCUT2D eigenvalue weighted by Crippen LogP contribution is 2.37. The largest absolute Gasteiger partial charge is 0.462 e. The molecule has 0 unspecified atom stereocenters. The Kier molecular flexibility index (Phi) is 5.28. The van der Waals surface area contributed by atoms with Gasteiger partial charge in [-0.3, -0.25) is 4.68 Å². The van der Waals surface area contributed by atoms with Gasteiger partial charge in [0, 0.05) is 48.2 Å². The highest BCUT2D eigenvalue weighted by Gasteiger charge is 2.49. The fraction of sp³-hybridized carbons (Fsp3) is 0.400. The Balaban J connectivity index is 1.76. The average molecular weight is 443 g/mol. The molecular formula is C20H22N6O4S. The summed E-state index contributed by atoms with van der Waals surface area (Å²) in [5.74, 6) is -0.473. The van der Waals surface area contributed by atoms with Crippen LogP contribution in [0.1, 0.15) is 30.1 Å². The van der Waals surface area contributed by atoms with Gasteiger partial charge in [0.05, 0.1) is 37.1 Å². The summed E-state index contributed by atoms with van der Waals surface area (Å²) in [6.07, 6.45) is 8.53. The number of carbonyl (C=O) groups is 1. The Morgan fingerprint density at radius 2 is 2.16 bits per heavy atom. The van der Waals surface area contributed by atoms with Crippen molar-refractivity contribution in [3.63, 3.8) is 0 Å². The molecule has 0 atom stereocenters. The molecular weight excluding hydrogens is 420 g/mol. The lowest BCUT2D eigenvalue weighted by atomic mass is 9.89. The number of esters is 1. The number of fused-ring (bicyclic) bond motifs is 1. The molecule has 0 amide bonds. The first-order valence-corrected chi connectivity index (χ1v) is 11.6. The maximum Gasteiger partial charge on any atom is 0.340 e. The van der Waals surface area contributed by atoms with Gasteiger partial charge >= 0.3 is 5.97 Å². The molecule has 1 aliphatic rings. The number of nitriles is 1. The molecule has 3 aromatic heterocycles. The highest BCUT2D eigenvalue weighted by molar-refractivity contribution is 7.88. The van der Waals surface area contributed by atoms with Crippen LogP contribution in [0, 0.1) is 11.3 Å². The number of pyridine rings is 1. The van der Waals surface area contributed by atoms with Crippen LogP contribution < -0.4 is 0 Å². The second-order valence-electron chi connectivity index (χ2n) is 7.69. The SMILES string of the molecule is CCCOC(=O)c1cnc2[nH]ccc2c1-c1cnn(C2(CC#N)CN(S(C)(=O)=O)C2)c1. The van der Waals surface area contributed by atoms with E-state index in [-0.39, 0.29) is 19.5 Å². The number of nitrogens with one attached hydrogen (secondary N) is 1. The summed E-state index contributed by atoms with van der Waals surface area (Å²) < 4.78 is 32.0. The van der Waals surface area contributed by atoms with E-state index >= 15 is 0 Å². The van der Waals surface area contributed by atoms with Gasteiger partial charge < -0.3 is 9.72 Å². The number of rotatable bonds is 7. The standard InChI is InChI=1S/C20H22N6O4S/c1-3-8-30-19(27)16-10-23-18-15(4-7-22-18)17(16)14-9-24-26(11-14)20(5-6-21)12-25(13-20)31(2,28)29/h4,7,9-11H,3,5,8,12-13H2,1-2H3,(H,22,23). The van der Waals surface area contributed by atoms with Gasteiger partial charge in [0.15, 0.2) is 0 Å². The number of ether oxygens (including phenoxy) is 1. The van der Waals surface area contributed by atoms with Crippen molar-refractivity contribution in [2.45, 2.75) is 25.3 Å². The number of sulfonamides is 1. The lowest BCUT2D eigenvalue weighted by molar-refractivity contribution is 0.0505. The van der Waals surface area contributed by atoms with Crippen molar-refractivity contribution < 1.29 is 17.9 Å². The van der Waals surface area contributed by atoms with Crippen LogP contribution in [0.4, 0.5) is 0 Å². The van der Waals surface area contributed by atoms with Crippen molar-refractivity contribution in [2.24, 2.45) is 0 Å². The fourth-order valence-electron chi connectivity index (χ4n) is 3.79. The minimum absolute atomic E-state index is 0.113. The summed E-state index contributed by atoms with van der Waals surface area (Å²) in [6, 6.07) is 3.96. The summed E-state index contributed by atoms with van der Waals surface area (Å²) >= 11 is 0. The average Bonchev–Trinajstić information content (AvgIpc) is 3.36. The van der Waals surface area contributed by atoms with Gasteiger partial charge in [-0.2, -0.15) is 14.7 Å². The zero-order valence-electron chi connectivity index (χ0n) is 17.2. The summed E-state index contributed by atoms with van der Waals surface area (Å²) in [5.41, 5.74) is 1.48. The van der Waals surface area contributed by atoms with Crippen LogP contribution in [0.5, 0.6) is 0 Å². The molecule has 1 fully saturated rings. The van der Waals surface area contributed by atoms with E-state index in [0.29, 0.717) is 35.4 Å². The fourth-order valence-corrected chi connectivity index (χ4v) is 4.74. The van der Waals surface area contributed by atoms with Gasteiger partial charge in [-0.15, -0.1) is 0 Å². The molecule has 0 aliphatic carbocycles. The zero-order valence-corrected chi connectivity index (χ0v) is 18.0. The monoisotopic (exact) mass is 442 g/mol. The summed E-state index contributed by atoms with van der Waals surface area (Å²) in [4.78, 5) is 20.0. The third-order valence-corrected chi connectivity index (χ3v) is 6.62. The van der Waals surface area contributed by atoms with E-state index in [4.69, 9.17) is 4.74 Å². The maximum atomic E-state index is 12.7. The summed E-state index contributed by atoms with van der Waals surface area (Å²) in [6.45, 7) is 2.55. The van der Waals surface area contributed by atoms with Crippen molar-refractivity contribution in [3.8, 4) is 17.2 Å². The molecule has 1 N–H and O–H groups in total. The maximum absolute atomic E-state index is 12.7. The van der Waals surface area contributed by atoms with E-state index in [1.54, 1.807) is 23.3 Å². The van der Waals surface area contributed by atoms with E-state index in [1.807, 2.05) is 13.0 Å². The molecule has 0 saturated carbocycles. The number of aromatic nitrogens is 4. The van der Waals surface area contributed by atoms with Crippen LogP contribution in [-0.2, 0) is 20.3 Å². The van der Waals surface area contributed by atoms with Crippen molar-refractivity contribution in [3.05, 3.63) is 36.4 Å². The van der Waals surface area contributed by atoms with Gasteiger partial charge in [-0.25, -0.2) is 18.2 Å². The minimum Gasteiger partial charge on any atom is -0.462 e. The van der Waals surface area contributed by atoms with Crippen LogP contribution in [0.2, 0.25) is 0 Å². The molecule has 0 radical (unpaired) electrons. The van der Waals surface area contributed by atoms with Crippen LogP contribution in [0.3, 0.4) is 0 Å². The molecule has 4 heterocycles. The Morgan fingerprint density at radius 3 is 2.84 bits per heavy atom. The minimum atomic E-state index is -3.35. The van der Waals surface area contributed by atoms with Crippen LogP contribution in [0.15, 0.2) is 30.9 Å². The lowest BCUT2D eigenvalue weighted by Gasteiger charge is -2.47. The number of nitrogens with zero attached hydrogens (tertiary/aromatic N) is 5. The number of aromatic amines is 1. The number of hydrogen-bond donors (Lipinski definition) is 1. The second-order valence-corrected chi connectivity index (χ2v) is 9.67. The number of H-pyrrole nitrogens is 1. The normalized spacial score (nSPS) is 16.0. The molecule has 0 aromatic carbocycles. The topological polar surface area (TPSA) is 134 Å². The van der Waals surface area contributed by atoms with Gasteiger partial charge in [-0.05, 0) is 12.5 Å². The molecule has 31 heavy (non-hydrogen) atoms. The van der Waals surface area contributed by atoms with Gasteiger partial charge in [0.2, 0.25) is 10.0 Å². The molecule has 162 valence electrons. The quantitative estimate of drug-likeness (QED) is 0.552. The smallest absolute Gasteiger partial charge is 0.340 e. The van der Waals surface area contributed by atoms with Crippen molar-refractivity contribution in [1.29, 1.82) is 5.26 Å². The molecule has 4 rings (SSSR count). The van der Waals surface area contributed by atoms with Crippen LogP contribution in [-0.4, -0.2) is 64.4 Å². The highest BCUT2D eigenvalue weighted by atomic mass is 32.2. The first kappa shape index (κ1) is 21.0. The predicted octanol–water partition coefficient (Wildman–Crippen LogP) is 1.88. The Hall–Kier alpha value is -3.23. The second kappa shape index (κ2) is 7.79. The van der Waals surface area contributed by atoms with Crippen molar-refractivity contribution in [2.75, 3.05) is 26.0 Å². The first-order chi connectivity index (χ1) is 14.8. The van der Waals surface area contributed by atoms with Crippen molar-refractivity contribution in [1.82, 2.24) is 24.1 Å². The predicted molar refractivity (Wildman–Crippen MR) is 113 cm³/mol. The van der Waals surface area contributed by atoms with E-state index in [0.717, 1.165) is 11.6 Å². The lowest BCUT2D eigenvalue weighted by Crippen LogP contribution is -2.63. The third kappa shape index (κ3) is 3.68. The molecule has 11 heteroatoms. The molecule has 10 nitrogen and oxygen atoms in total. The van der Waals surface area contributed by atoms with Crippen molar-refractivity contribution >= 4 is 27.0 Å². The molecule has 3 aromatic rings. The third-order valence-electron chi connectivity index (χ3n) is 5.42. The molecule has 1 saturated heterocycles. The van der Waals surface area contributed by atoms with Gasteiger partial charge in [0.25, 0.3) is 0 Å².